The molecule has 0 fully saturated rings. The van der Waals surface area contributed by atoms with E-state index in [1.54, 1.807) is 36.5 Å². The molecule has 8 heteroatoms. The second kappa shape index (κ2) is 9.45. The number of aliphatic hydroxyl groups excluding tert-OH is 1. The van der Waals surface area contributed by atoms with Crippen molar-refractivity contribution in [3.05, 3.63) is 70.1 Å². The van der Waals surface area contributed by atoms with Crippen LogP contribution in [-0.4, -0.2) is 42.5 Å². The van der Waals surface area contributed by atoms with Crippen molar-refractivity contribution in [2.24, 2.45) is 5.10 Å². The Kier molecular flexibility index (Phi) is 6.76. The van der Waals surface area contributed by atoms with Crippen LogP contribution in [0.2, 0.25) is 5.02 Å². The molecule has 144 valence electrons. The number of benzene rings is 2. The highest BCUT2D eigenvalue weighted by molar-refractivity contribution is 7.14. The Labute approximate surface area is 171 Å². The fourth-order valence-corrected chi connectivity index (χ4v) is 3.40. The molecular weight excluding hydrogens is 398 g/mol. The van der Waals surface area contributed by atoms with Crippen molar-refractivity contribution in [2.45, 2.75) is 0 Å². The van der Waals surface area contributed by atoms with E-state index in [4.69, 9.17) is 21.4 Å². The van der Waals surface area contributed by atoms with Crippen molar-refractivity contribution in [3.63, 3.8) is 0 Å². The largest absolute Gasteiger partial charge is 0.460 e. The fourth-order valence-electron chi connectivity index (χ4n) is 2.42. The number of nitrogens with zero attached hydrogens (tertiary/aromatic N) is 3. The Bertz CT molecular complexity index is 990. The summed E-state index contributed by atoms with van der Waals surface area (Å²) in [5.74, 6) is -0.506. The topological polar surface area (TPSA) is 75.0 Å². The summed E-state index contributed by atoms with van der Waals surface area (Å²) in [5, 5.41) is 18.1. The average molecular weight is 416 g/mol. The van der Waals surface area contributed by atoms with Gasteiger partial charge in [0.05, 0.1) is 24.1 Å². The minimum atomic E-state index is -0.506. The van der Waals surface area contributed by atoms with Gasteiger partial charge in [0.15, 0.2) is 0 Å². The molecule has 6 nitrogen and oxygen atoms in total. The van der Waals surface area contributed by atoms with E-state index in [9.17, 15) is 4.79 Å². The van der Waals surface area contributed by atoms with E-state index in [0.717, 1.165) is 11.3 Å². The molecule has 1 heterocycles. The lowest BCUT2D eigenvalue weighted by Gasteiger charge is -2.09. The van der Waals surface area contributed by atoms with Gasteiger partial charge in [0, 0.05) is 28.6 Å². The minimum absolute atomic E-state index is 0.0475. The van der Waals surface area contributed by atoms with Crippen LogP contribution in [0, 0.1) is 0 Å². The van der Waals surface area contributed by atoms with Crippen LogP contribution in [0.25, 0.3) is 11.3 Å². The summed E-state index contributed by atoms with van der Waals surface area (Å²) in [6.45, 7) is -0.267. The second-order valence-electron chi connectivity index (χ2n) is 5.71. The molecule has 28 heavy (non-hydrogen) atoms. The summed E-state index contributed by atoms with van der Waals surface area (Å²) in [7, 11) is 1.78. The molecule has 0 saturated carbocycles. The second-order valence-corrected chi connectivity index (χ2v) is 6.95. The van der Waals surface area contributed by atoms with Crippen molar-refractivity contribution < 1.29 is 14.6 Å². The maximum atomic E-state index is 12.1. The summed E-state index contributed by atoms with van der Waals surface area (Å²) in [5.41, 5.74) is 2.63. The number of rotatable bonds is 7. The minimum Gasteiger partial charge on any atom is -0.460 e. The normalized spacial score (nSPS) is 11.0. The van der Waals surface area contributed by atoms with Crippen LogP contribution in [0.1, 0.15) is 15.9 Å². The summed E-state index contributed by atoms with van der Waals surface area (Å²) < 4.78 is 4.99. The number of hydrazone groups is 1. The molecule has 0 saturated heterocycles. The molecular formula is C20H18ClN3O3S. The van der Waals surface area contributed by atoms with E-state index in [1.807, 2.05) is 35.7 Å². The van der Waals surface area contributed by atoms with Gasteiger partial charge in [-0.3, -0.25) is 0 Å². The van der Waals surface area contributed by atoms with Crippen LogP contribution in [0.3, 0.4) is 0 Å². The highest BCUT2D eigenvalue weighted by Gasteiger charge is 2.12. The molecule has 2 aromatic carbocycles. The molecule has 0 amide bonds. The number of thiazole rings is 1. The molecule has 0 aliphatic carbocycles. The van der Waals surface area contributed by atoms with Gasteiger partial charge in [0.25, 0.3) is 0 Å². The SMILES string of the molecule is CN(/N=C/c1ccccc1C(=O)OCCO)c1nc(-c2ccccc2Cl)cs1. The van der Waals surface area contributed by atoms with Gasteiger partial charge in [-0.05, 0) is 12.1 Å². The molecule has 0 radical (unpaired) electrons. The van der Waals surface area contributed by atoms with Crippen LogP contribution in [0.15, 0.2) is 59.0 Å². The van der Waals surface area contributed by atoms with E-state index >= 15 is 0 Å². The van der Waals surface area contributed by atoms with Crippen LogP contribution >= 0.6 is 22.9 Å². The molecule has 0 bridgehead atoms. The maximum absolute atomic E-state index is 12.1. The molecule has 3 rings (SSSR count). The van der Waals surface area contributed by atoms with Gasteiger partial charge in [-0.2, -0.15) is 5.10 Å². The van der Waals surface area contributed by atoms with Crippen LogP contribution in [0.4, 0.5) is 5.13 Å². The third-order valence-corrected chi connectivity index (χ3v) is 5.03. The third kappa shape index (κ3) is 4.75. The zero-order valence-corrected chi connectivity index (χ0v) is 16.7. The number of anilines is 1. The molecule has 0 spiro atoms. The molecule has 1 aromatic heterocycles. The van der Waals surface area contributed by atoms with Gasteiger partial charge in [-0.1, -0.05) is 48.0 Å². The maximum Gasteiger partial charge on any atom is 0.338 e. The number of aliphatic hydroxyl groups is 1. The zero-order valence-electron chi connectivity index (χ0n) is 15.1. The van der Waals surface area contributed by atoms with Crippen LogP contribution in [-0.2, 0) is 4.74 Å². The predicted octanol–water partition coefficient (Wildman–Crippen LogP) is 4.08. The Hall–Kier alpha value is -2.74. The first kappa shape index (κ1) is 20.0. The Morgan fingerprint density at radius 2 is 2.04 bits per heavy atom. The zero-order chi connectivity index (χ0) is 19.9. The molecule has 0 aliphatic heterocycles. The molecule has 0 unspecified atom stereocenters. The number of halogens is 1. The first-order valence-corrected chi connectivity index (χ1v) is 9.71. The monoisotopic (exact) mass is 415 g/mol. The Morgan fingerprint density at radius 3 is 2.82 bits per heavy atom. The third-order valence-electron chi connectivity index (χ3n) is 3.79. The van der Waals surface area contributed by atoms with Crippen molar-refractivity contribution >= 4 is 40.3 Å². The summed E-state index contributed by atoms with van der Waals surface area (Å²) in [4.78, 5) is 16.7. The van der Waals surface area contributed by atoms with Crippen LogP contribution < -0.4 is 5.01 Å². The quantitative estimate of drug-likeness (QED) is 0.357. The average Bonchev–Trinajstić information content (AvgIpc) is 3.21. The highest BCUT2D eigenvalue weighted by atomic mass is 35.5. The van der Waals surface area contributed by atoms with Gasteiger partial charge in [0.1, 0.15) is 6.61 Å². The number of hydrogen-bond donors (Lipinski definition) is 1. The van der Waals surface area contributed by atoms with Crippen molar-refractivity contribution in [1.29, 1.82) is 0 Å². The van der Waals surface area contributed by atoms with E-state index in [-0.39, 0.29) is 13.2 Å². The standard InChI is InChI=1S/C20H18ClN3O3S/c1-24(20-23-18(13-28-20)16-8-4-5-9-17(16)21)22-12-14-6-2-3-7-15(14)19(26)27-11-10-25/h2-9,12-13,25H,10-11H2,1H3/b22-12+. The van der Waals surface area contributed by atoms with Crippen molar-refractivity contribution in [2.75, 3.05) is 25.3 Å². The summed E-state index contributed by atoms with van der Waals surface area (Å²) >= 11 is 7.67. The van der Waals surface area contributed by atoms with E-state index in [2.05, 4.69) is 10.1 Å². The van der Waals surface area contributed by atoms with Gasteiger partial charge in [0.2, 0.25) is 5.13 Å². The number of ether oxygens (including phenoxy) is 1. The van der Waals surface area contributed by atoms with Crippen molar-refractivity contribution in [1.82, 2.24) is 4.98 Å². The number of carbonyl (C=O) groups is 1. The van der Waals surface area contributed by atoms with Gasteiger partial charge in [-0.15, -0.1) is 11.3 Å². The van der Waals surface area contributed by atoms with Crippen LogP contribution in [0.5, 0.6) is 0 Å². The van der Waals surface area contributed by atoms with Crippen molar-refractivity contribution in [3.8, 4) is 11.3 Å². The Balaban J connectivity index is 1.77. The first-order valence-electron chi connectivity index (χ1n) is 8.45. The lowest BCUT2D eigenvalue weighted by Crippen LogP contribution is -2.12. The van der Waals surface area contributed by atoms with E-state index in [0.29, 0.717) is 21.3 Å². The number of esters is 1. The lowest BCUT2D eigenvalue weighted by atomic mass is 10.1. The number of aromatic nitrogens is 1. The number of hydrogen-bond acceptors (Lipinski definition) is 7. The predicted molar refractivity (Wildman–Crippen MR) is 112 cm³/mol. The summed E-state index contributed by atoms with van der Waals surface area (Å²) in [6.07, 6.45) is 1.58. The fraction of sp³-hybridized carbons (Fsp3) is 0.150. The van der Waals surface area contributed by atoms with E-state index < -0.39 is 5.97 Å². The molecule has 3 aromatic rings. The Morgan fingerprint density at radius 1 is 1.29 bits per heavy atom. The number of carbonyl (C=O) groups excluding carboxylic acids is 1. The first-order chi connectivity index (χ1) is 13.6. The smallest absolute Gasteiger partial charge is 0.338 e. The van der Waals surface area contributed by atoms with Gasteiger partial charge < -0.3 is 9.84 Å². The highest BCUT2D eigenvalue weighted by Crippen LogP contribution is 2.31. The lowest BCUT2D eigenvalue weighted by molar-refractivity contribution is 0.0433. The summed E-state index contributed by atoms with van der Waals surface area (Å²) in [6, 6.07) is 14.5. The van der Waals surface area contributed by atoms with Gasteiger partial charge >= 0.3 is 5.97 Å². The van der Waals surface area contributed by atoms with Gasteiger partial charge in [-0.25, -0.2) is 14.8 Å². The molecule has 0 atom stereocenters. The van der Waals surface area contributed by atoms with E-state index in [1.165, 1.54) is 11.3 Å². The molecule has 0 aliphatic rings. The molecule has 1 N–H and O–H groups in total.